The molecule has 0 unspecified atom stereocenters. The zero-order valence-electron chi connectivity index (χ0n) is 16.9. The molecule has 2 heterocycles. The van der Waals surface area contributed by atoms with E-state index in [1.807, 2.05) is 37.2 Å². The maximum Gasteiger partial charge on any atom is 0.229 e. The molecule has 29 heavy (non-hydrogen) atoms. The number of nitrogens with zero attached hydrogens (tertiary/aromatic N) is 6. The quantitative estimate of drug-likeness (QED) is 0.502. The molecular formula is C21H23N7S. The zero-order chi connectivity index (χ0) is 20.5. The molecule has 0 saturated heterocycles. The van der Waals surface area contributed by atoms with E-state index in [9.17, 15) is 0 Å². The molecule has 0 bridgehead atoms. The molecule has 0 fully saturated rings. The third-order valence-electron chi connectivity index (χ3n) is 4.53. The van der Waals surface area contributed by atoms with Gasteiger partial charge in [-0.05, 0) is 38.1 Å². The number of benzene rings is 2. The molecule has 0 aliphatic rings. The maximum absolute atomic E-state index is 5.91. The standard InChI is InChI=1S/C21H23N7S/c1-13-9-11-15(12-10-13)28-17-8-6-5-7-16(17)23-21(28)29-14(2)18-24-19(22)26-20(25-18)27(3)4/h5-12,14H,1-4H3,(H2,22,24,25,26)/t14-/m1/s1. The Morgan fingerprint density at radius 3 is 2.41 bits per heavy atom. The molecule has 2 N–H and O–H groups in total. The van der Waals surface area contributed by atoms with Gasteiger partial charge in [0.2, 0.25) is 11.9 Å². The monoisotopic (exact) mass is 405 g/mol. The normalized spacial score (nSPS) is 12.3. The number of thioether (sulfide) groups is 1. The Morgan fingerprint density at radius 2 is 1.69 bits per heavy atom. The van der Waals surface area contributed by atoms with Crippen molar-refractivity contribution in [3.8, 4) is 5.69 Å². The number of aromatic nitrogens is 5. The molecule has 7 nitrogen and oxygen atoms in total. The Morgan fingerprint density at radius 1 is 0.966 bits per heavy atom. The average Bonchev–Trinajstić information content (AvgIpc) is 3.06. The van der Waals surface area contributed by atoms with Gasteiger partial charge in [-0.15, -0.1) is 0 Å². The van der Waals surface area contributed by atoms with E-state index in [1.165, 1.54) is 5.56 Å². The number of para-hydroxylation sites is 2. The molecule has 4 rings (SSSR count). The Hall–Kier alpha value is -3.13. The topological polar surface area (TPSA) is 85.8 Å². The van der Waals surface area contributed by atoms with Crippen LogP contribution in [0.15, 0.2) is 53.7 Å². The van der Waals surface area contributed by atoms with E-state index < -0.39 is 0 Å². The van der Waals surface area contributed by atoms with Crippen molar-refractivity contribution < 1.29 is 0 Å². The fourth-order valence-electron chi connectivity index (χ4n) is 3.02. The summed E-state index contributed by atoms with van der Waals surface area (Å²) in [6, 6.07) is 16.6. The fraction of sp³-hybridized carbons (Fsp3) is 0.238. The lowest BCUT2D eigenvalue weighted by Crippen LogP contribution is -2.16. The number of imidazole rings is 1. The molecule has 8 heteroatoms. The van der Waals surface area contributed by atoms with Crippen LogP contribution in [0.1, 0.15) is 23.6 Å². The van der Waals surface area contributed by atoms with Gasteiger partial charge in [-0.25, -0.2) is 4.98 Å². The van der Waals surface area contributed by atoms with Gasteiger partial charge < -0.3 is 10.6 Å². The molecule has 0 aliphatic carbocycles. The predicted octanol–water partition coefficient (Wildman–Crippen LogP) is 4.02. The van der Waals surface area contributed by atoms with Gasteiger partial charge in [-0.3, -0.25) is 4.57 Å². The van der Waals surface area contributed by atoms with E-state index >= 15 is 0 Å². The fourth-order valence-corrected chi connectivity index (χ4v) is 4.00. The molecular weight excluding hydrogens is 382 g/mol. The van der Waals surface area contributed by atoms with Gasteiger partial charge in [0.05, 0.1) is 16.3 Å². The van der Waals surface area contributed by atoms with Crippen LogP contribution in [0.3, 0.4) is 0 Å². The second kappa shape index (κ2) is 7.71. The highest BCUT2D eigenvalue weighted by Gasteiger charge is 2.20. The van der Waals surface area contributed by atoms with Crippen molar-refractivity contribution in [2.45, 2.75) is 24.3 Å². The van der Waals surface area contributed by atoms with Gasteiger partial charge >= 0.3 is 0 Å². The van der Waals surface area contributed by atoms with Crippen LogP contribution in [-0.2, 0) is 0 Å². The van der Waals surface area contributed by atoms with Crippen molar-refractivity contribution in [1.29, 1.82) is 0 Å². The van der Waals surface area contributed by atoms with Gasteiger partial charge in [-0.1, -0.05) is 41.6 Å². The van der Waals surface area contributed by atoms with E-state index in [0.717, 1.165) is 21.9 Å². The number of nitrogens with two attached hydrogens (primary N) is 1. The van der Waals surface area contributed by atoms with Crippen LogP contribution in [0.2, 0.25) is 0 Å². The van der Waals surface area contributed by atoms with E-state index in [-0.39, 0.29) is 11.2 Å². The van der Waals surface area contributed by atoms with Gasteiger partial charge in [0.25, 0.3) is 0 Å². The van der Waals surface area contributed by atoms with Crippen molar-refractivity contribution in [3.63, 3.8) is 0 Å². The van der Waals surface area contributed by atoms with Gasteiger partial charge in [-0.2, -0.15) is 15.0 Å². The number of nitrogen functional groups attached to an aromatic ring is 1. The Labute approximate surface area is 174 Å². The number of fused-ring (bicyclic) bond motifs is 1. The summed E-state index contributed by atoms with van der Waals surface area (Å²) < 4.78 is 2.17. The number of rotatable bonds is 5. The van der Waals surface area contributed by atoms with Crippen LogP contribution >= 0.6 is 11.8 Å². The first kappa shape index (κ1) is 19.2. The highest BCUT2D eigenvalue weighted by molar-refractivity contribution is 7.99. The molecule has 4 aromatic rings. The molecule has 0 spiro atoms. The summed E-state index contributed by atoms with van der Waals surface area (Å²) in [5, 5.41) is 0.827. The second-order valence-corrected chi connectivity index (χ2v) is 8.37. The lowest BCUT2D eigenvalue weighted by molar-refractivity contribution is 0.852. The minimum Gasteiger partial charge on any atom is -0.368 e. The van der Waals surface area contributed by atoms with Crippen LogP contribution in [0.5, 0.6) is 0 Å². The SMILES string of the molecule is Cc1ccc(-n2c(S[C@H](C)c3nc(N)nc(N(C)C)n3)nc3ccccc32)cc1. The lowest BCUT2D eigenvalue weighted by atomic mass is 10.2. The van der Waals surface area contributed by atoms with Crippen LogP contribution in [0.25, 0.3) is 16.7 Å². The minimum atomic E-state index is -0.0555. The zero-order valence-corrected chi connectivity index (χ0v) is 17.7. The number of anilines is 2. The molecule has 0 amide bonds. The first-order chi connectivity index (χ1) is 13.9. The first-order valence-corrected chi connectivity index (χ1v) is 10.2. The summed E-state index contributed by atoms with van der Waals surface area (Å²) in [6.07, 6.45) is 0. The average molecular weight is 406 g/mol. The number of hydrogen-bond donors (Lipinski definition) is 1. The van der Waals surface area contributed by atoms with Gasteiger partial charge in [0.1, 0.15) is 5.82 Å². The van der Waals surface area contributed by atoms with E-state index in [0.29, 0.717) is 11.8 Å². The van der Waals surface area contributed by atoms with Crippen molar-refractivity contribution in [1.82, 2.24) is 24.5 Å². The molecule has 2 aromatic heterocycles. The molecule has 0 saturated carbocycles. The van der Waals surface area contributed by atoms with E-state index in [4.69, 9.17) is 10.7 Å². The largest absolute Gasteiger partial charge is 0.368 e. The Balaban J connectivity index is 1.77. The van der Waals surface area contributed by atoms with Crippen molar-refractivity contribution in [2.24, 2.45) is 0 Å². The van der Waals surface area contributed by atoms with Crippen molar-refractivity contribution in [3.05, 3.63) is 59.9 Å². The van der Waals surface area contributed by atoms with Crippen LogP contribution in [0.4, 0.5) is 11.9 Å². The molecule has 148 valence electrons. The van der Waals surface area contributed by atoms with Gasteiger partial charge in [0, 0.05) is 19.8 Å². The number of hydrogen-bond acceptors (Lipinski definition) is 7. The van der Waals surface area contributed by atoms with Crippen LogP contribution < -0.4 is 10.6 Å². The third kappa shape index (κ3) is 3.88. The summed E-state index contributed by atoms with van der Waals surface area (Å²) in [7, 11) is 3.76. The first-order valence-electron chi connectivity index (χ1n) is 9.32. The minimum absolute atomic E-state index is 0.0555. The Kier molecular flexibility index (Phi) is 5.10. The molecule has 2 aromatic carbocycles. The van der Waals surface area contributed by atoms with Crippen molar-refractivity contribution in [2.75, 3.05) is 24.7 Å². The van der Waals surface area contributed by atoms with E-state index in [2.05, 4.69) is 63.7 Å². The molecule has 0 radical (unpaired) electrons. The number of aryl methyl sites for hydroxylation is 1. The van der Waals surface area contributed by atoms with Gasteiger partial charge in [0.15, 0.2) is 5.16 Å². The summed E-state index contributed by atoms with van der Waals surface area (Å²) in [4.78, 5) is 19.8. The van der Waals surface area contributed by atoms with Crippen molar-refractivity contribution >= 4 is 34.7 Å². The summed E-state index contributed by atoms with van der Waals surface area (Å²) in [5.41, 5.74) is 10.2. The summed E-state index contributed by atoms with van der Waals surface area (Å²) in [5.74, 6) is 1.40. The second-order valence-electron chi connectivity index (χ2n) is 7.06. The predicted molar refractivity (Wildman–Crippen MR) is 119 cm³/mol. The molecule has 0 aliphatic heterocycles. The lowest BCUT2D eigenvalue weighted by Gasteiger charge is -2.15. The summed E-state index contributed by atoms with van der Waals surface area (Å²) >= 11 is 1.60. The summed E-state index contributed by atoms with van der Waals surface area (Å²) in [6.45, 7) is 4.14. The highest BCUT2D eigenvalue weighted by Crippen LogP contribution is 2.36. The van der Waals surface area contributed by atoms with Crippen LogP contribution in [0, 0.1) is 6.92 Å². The Bertz CT molecular complexity index is 1150. The molecule has 1 atom stereocenters. The third-order valence-corrected chi connectivity index (χ3v) is 5.58. The van der Waals surface area contributed by atoms with E-state index in [1.54, 1.807) is 11.8 Å². The highest BCUT2D eigenvalue weighted by atomic mass is 32.2. The maximum atomic E-state index is 5.91. The van der Waals surface area contributed by atoms with Crippen LogP contribution in [-0.4, -0.2) is 38.6 Å². The smallest absolute Gasteiger partial charge is 0.229 e.